The Kier molecular flexibility index (Phi) is 14.4. The van der Waals surface area contributed by atoms with Gasteiger partial charge in [0.25, 0.3) is 0 Å². The fraction of sp³-hybridized carbons (Fsp3) is 0.417. The van der Waals surface area contributed by atoms with Crippen LogP contribution in [0.5, 0.6) is 17.2 Å². The smallest absolute Gasteiger partial charge is 0.343 e. The van der Waals surface area contributed by atoms with Crippen LogP contribution in [0, 0.1) is 11.7 Å². The van der Waals surface area contributed by atoms with E-state index in [1.807, 2.05) is 13.8 Å². The minimum atomic E-state index is -0.852. The number of carbonyl (C=O) groups excluding carboxylic acids is 3. The van der Waals surface area contributed by atoms with Gasteiger partial charge in [0, 0.05) is 6.07 Å². The van der Waals surface area contributed by atoms with Crippen molar-refractivity contribution in [2.75, 3.05) is 13.2 Å². The molecule has 0 saturated carbocycles. The van der Waals surface area contributed by atoms with Crippen LogP contribution in [0.1, 0.15) is 110 Å². The van der Waals surface area contributed by atoms with Crippen LogP contribution in [0.15, 0.2) is 66.7 Å². The lowest BCUT2D eigenvalue weighted by Gasteiger charge is -2.11. The van der Waals surface area contributed by atoms with Crippen molar-refractivity contribution in [1.82, 2.24) is 0 Å². The number of halogens is 1. The molecule has 0 bridgehead atoms. The van der Waals surface area contributed by atoms with Crippen molar-refractivity contribution in [1.29, 1.82) is 0 Å². The van der Waals surface area contributed by atoms with Crippen molar-refractivity contribution in [3.8, 4) is 17.2 Å². The van der Waals surface area contributed by atoms with E-state index in [1.165, 1.54) is 74.9 Å². The quantitative estimate of drug-likeness (QED) is 0.0811. The molecule has 0 aliphatic heterocycles. The fourth-order valence-electron chi connectivity index (χ4n) is 4.24. The first-order valence-corrected chi connectivity index (χ1v) is 15.5. The van der Waals surface area contributed by atoms with Gasteiger partial charge in [-0.05, 0) is 73.0 Å². The molecule has 0 amide bonds. The van der Waals surface area contributed by atoms with E-state index in [0.717, 1.165) is 25.3 Å². The number of rotatable bonds is 18. The van der Waals surface area contributed by atoms with Crippen molar-refractivity contribution in [2.24, 2.45) is 5.92 Å². The molecule has 3 aromatic rings. The summed E-state index contributed by atoms with van der Waals surface area (Å²) >= 11 is 0. The average molecular weight is 607 g/mol. The molecule has 0 aliphatic rings. The van der Waals surface area contributed by atoms with E-state index in [9.17, 15) is 18.8 Å². The lowest BCUT2D eigenvalue weighted by molar-refractivity contribution is 0.0441. The highest BCUT2D eigenvalue weighted by Crippen LogP contribution is 2.21. The Labute approximate surface area is 259 Å². The zero-order valence-corrected chi connectivity index (χ0v) is 25.9. The first-order valence-electron chi connectivity index (χ1n) is 15.5. The molecule has 8 heteroatoms. The molecule has 0 fully saturated rings. The van der Waals surface area contributed by atoms with Gasteiger partial charge in [-0.15, -0.1) is 0 Å². The SMILES string of the molecule is CCCCCCCCCCOc1ccc(C(=O)Oc2ccc(C(=O)Oc3ccc(C(=O)OCC(C)CC)c(F)c3)cc2)cc1. The van der Waals surface area contributed by atoms with Crippen LogP contribution >= 0.6 is 0 Å². The van der Waals surface area contributed by atoms with Crippen LogP contribution in [-0.4, -0.2) is 31.1 Å². The Balaban J connectivity index is 1.43. The Bertz CT molecular complexity index is 1340. The molecule has 7 nitrogen and oxygen atoms in total. The highest BCUT2D eigenvalue weighted by Gasteiger charge is 2.17. The second-order valence-electron chi connectivity index (χ2n) is 10.9. The molecular formula is C36H43FO7. The molecule has 0 spiro atoms. The van der Waals surface area contributed by atoms with Gasteiger partial charge in [0.05, 0.1) is 29.9 Å². The van der Waals surface area contributed by atoms with Gasteiger partial charge in [-0.3, -0.25) is 0 Å². The molecule has 1 atom stereocenters. The normalized spacial score (nSPS) is 11.5. The number of hydrogen-bond acceptors (Lipinski definition) is 7. The van der Waals surface area contributed by atoms with E-state index in [2.05, 4.69) is 6.92 Å². The monoisotopic (exact) mass is 606 g/mol. The summed E-state index contributed by atoms with van der Waals surface area (Å²) in [6.45, 7) is 6.95. The molecule has 0 aliphatic carbocycles. The number of carbonyl (C=O) groups is 3. The lowest BCUT2D eigenvalue weighted by atomic mass is 10.1. The summed E-state index contributed by atoms with van der Waals surface area (Å²) in [4.78, 5) is 37.3. The molecule has 3 aromatic carbocycles. The maximum atomic E-state index is 14.5. The van der Waals surface area contributed by atoms with Crippen LogP contribution in [0.25, 0.3) is 0 Å². The van der Waals surface area contributed by atoms with Crippen molar-refractivity contribution in [3.05, 3.63) is 89.2 Å². The molecule has 3 rings (SSSR count). The van der Waals surface area contributed by atoms with E-state index in [0.29, 0.717) is 17.9 Å². The van der Waals surface area contributed by atoms with Crippen LogP contribution in [0.3, 0.4) is 0 Å². The summed E-state index contributed by atoms with van der Waals surface area (Å²) in [7, 11) is 0. The number of hydrogen-bond donors (Lipinski definition) is 0. The molecule has 0 radical (unpaired) electrons. The molecule has 0 aromatic heterocycles. The van der Waals surface area contributed by atoms with E-state index in [-0.39, 0.29) is 35.2 Å². The van der Waals surface area contributed by atoms with E-state index in [1.54, 1.807) is 24.3 Å². The maximum Gasteiger partial charge on any atom is 0.343 e. The maximum absolute atomic E-state index is 14.5. The van der Waals surface area contributed by atoms with Crippen LogP contribution in [0.2, 0.25) is 0 Å². The van der Waals surface area contributed by atoms with Crippen LogP contribution < -0.4 is 14.2 Å². The molecule has 236 valence electrons. The Morgan fingerprint density at radius 1 is 0.659 bits per heavy atom. The third kappa shape index (κ3) is 11.5. The average Bonchev–Trinajstić information content (AvgIpc) is 3.03. The first kappa shape index (κ1) is 34.3. The molecular weight excluding hydrogens is 563 g/mol. The summed E-state index contributed by atoms with van der Waals surface area (Å²) in [5, 5.41) is 0. The molecule has 1 unspecified atom stereocenters. The number of unbranched alkanes of at least 4 members (excludes halogenated alkanes) is 7. The molecule has 0 N–H and O–H groups in total. The number of esters is 3. The van der Waals surface area contributed by atoms with Gasteiger partial charge in [0.1, 0.15) is 23.1 Å². The highest BCUT2D eigenvalue weighted by atomic mass is 19.1. The Hall–Kier alpha value is -4.20. The van der Waals surface area contributed by atoms with Crippen LogP contribution in [0.4, 0.5) is 4.39 Å². The van der Waals surface area contributed by atoms with Gasteiger partial charge < -0.3 is 18.9 Å². The van der Waals surface area contributed by atoms with Gasteiger partial charge in [-0.1, -0.05) is 72.1 Å². The minimum Gasteiger partial charge on any atom is -0.494 e. The van der Waals surface area contributed by atoms with E-state index >= 15 is 0 Å². The second-order valence-corrected chi connectivity index (χ2v) is 10.9. The Morgan fingerprint density at radius 3 is 1.75 bits per heavy atom. The second kappa shape index (κ2) is 18.5. The van der Waals surface area contributed by atoms with Gasteiger partial charge in [0.2, 0.25) is 0 Å². The van der Waals surface area contributed by atoms with Crippen molar-refractivity contribution >= 4 is 17.9 Å². The first-order chi connectivity index (χ1) is 21.3. The molecule has 0 heterocycles. The fourth-order valence-corrected chi connectivity index (χ4v) is 4.24. The predicted octanol–water partition coefficient (Wildman–Crippen LogP) is 8.99. The summed E-state index contributed by atoms with van der Waals surface area (Å²) in [5.74, 6) is -1.87. The zero-order valence-electron chi connectivity index (χ0n) is 25.9. The van der Waals surface area contributed by atoms with Gasteiger partial charge in [-0.2, -0.15) is 0 Å². The van der Waals surface area contributed by atoms with Crippen molar-refractivity contribution in [2.45, 2.75) is 78.6 Å². The highest BCUT2D eigenvalue weighted by molar-refractivity contribution is 5.93. The summed E-state index contributed by atoms with van der Waals surface area (Å²) < 4.78 is 36.1. The lowest BCUT2D eigenvalue weighted by Crippen LogP contribution is -2.13. The predicted molar refractivity (Wildman–Crippen MR) is 167 cm³/mol. The van der Waals surface area contributed by atoms with E-state index in [4.69, 9.17) is 18.9 Å². The summed E-state index contributed by atoms with van der Waals surface area (Å²) in [6.07, 6.45) is 10.7. The Morgan fingerprint density at radius 2 is 1.18 bits per heavy atom. The van der Waals surface area contributed by atoms with Gasteiger partial charge in [0.15, 0.2) is 0 Å². The third-order valence-corrected chi connectivity index (χ3v) is 7.22. The van der Waals surface area contributed by atoms with E-state index < -0.39 is 23.7 Å². The van der Waals surface area contributed by atoms with Crippen molar-refractivity contribution in [3.63, 3.8) is 0 Å². The minimum absolute atomic E-state index is 0.0632. The standard InChI is InChI=1S/C36H43FO7/c1-4-6-7-8-9-10-11-12-23-41-29-17-13-27(14-18-29)34(38)43-30-19-15-28(16-20-30)35(39)44-31-21-22-32(33(37)24-31)36(40)42-25-26(3)5-2/h13-22,24,26H,4-12,23,25H2,1-3H3. The van der Waals surface area contributed by atoms with Crippen molar-refractivity contribution < 1.29 is 37.7 Å². The largest absolute Gasteiger partial charge is 0.494 e. The zero-order chi connectivity index (χ0) is 31.7. The summed E-state index contributed by atoms with van der Waals surface area (Å²) in [5.41, 5.74) is 0.294. The third-order valence-electron chi connectivity index (χ3n) is 7.22. The number of benzene rings is 3. The molecule has 0 saturated heterocycles. The topological polar surface area (TPSA) is 88.1 Å². The molecule has 44 heavy (non-hydrogen) atoms. The van der Waals surface area contributed by atoms with Gasteiger partial charge >= 0.3 is 17.9 Å². The van der Waals surface area contributed by atoms with Crippen LogP contribution in [-0.2, 0) is 4.74 Å². The summed E-state index contributed by atoms with van der Waals surface area (Å²) in [6, 6.07) is 16.1. The van der Waals surface area contributed by atoms with Gasteiger partial charge in [-0.25, -0.2) is 18.8 Å². The number of ether oxygens (including phenoxy) is 4.